The molecule has 1 heterocycles. The van der Waals surface area contributed by atoms with Gasteiger partial charge in [0.15, 0.2) is 0 Å². The maximum Gasteiger partial charge on any atom is 0.228 e. The third kappa shape index (κ3) is 3.22. The minimum atomic E-state index is -0.310. The van der Waals surface area contributed by atoms with Crippen molar-refractivity contribution in [3.8, 4) is 0 Å². The van der Waals surface area contributed by atoms with E-state index in [1.807, 2.05) is 31.2 Å². The summed E-state index contributed by atoms with van der Waals surface area (Å²) in [5.74, 6) is 0.0199. The molecule has 0 bridgehead atoms. The molecule has 25 heavy (non-hydrogen) atoms. The number of amides is 1. The lowest BCUT2D eigenvalue weighted by atomic mass is 9.93. The smallest absolute Gasteiger partial charge is 0.228 e. The Hall–Kier alpha value is -2.82. The van der Waals surface area contributed by atoms with E-state index in [0.717, 1.165) is 35.5 Å². The Balaban J connectivity index is 1.80. The molecule has 1 atom stereocenters. The zero-order chi connectivity index (χ0) is 17.4. The van der Waals surface area contributed by atoms with Gasteiger partial charge in [-0.15, -0.1) is 0 Å². The van der Waals surface area contributed by atoms with E-state index in [-0.39, 0.29) is 23.6 Å². The number of para-hydroxylation sites is 2. The fraction of sp³-hybridized carbons (Fsp3) is 0.250. The summed E-state index contributed by atoms with van der Waals surface area (Å²) in [5.41, 5.74) is 3.15. The topological polar surface area (TPSA) is 53.8 Å². The number of benzene rings is 2. The van der Waals surface area contributed by atoms with E-state index in [4.69, 9.17) is 9.98 Å². The van der Waals surface area contributed by atoms with Gasteiger partial charge in [0.2, 0.25) is 5.91 Å². The zero-order valence-electron chi connectivity index (χ0n) is 13.9. The van der Waals surface area contributed by atoms with Crippen LogP contribution < -0.4 is 5.32 Å². The van der Waals surface area contributed by atoms with Crippen LogP contribution in [0.25, 0.3) is 0 Å². The number of rotatable bonds is 2. The maximum absolute atomic E-state index is 13.3. The Morgan fingerprint density at radius 2 is 1.68 bits per heavy atom. The first kappa shape index (κ1) is 15.7. The number of nitrogens with one attached hydrogen (secondary N) is 1. The molecule has 0 spiro atoms. The molecule has 0 aromatic heterocycles. The summed E-state index contributed by atoms with van der Waals surface area (Å²) in [6, 6.07) is 13.8. The summed E-state index contributed by atoms with van der Waals surface area (Å²) in [5, 5.41) is 2.99. The highest BCUT2D eigenvalue weighted by Gasteiger charge is 2.33. The minimum Gasteiger partial charge on any atom is -0.313 e. The van der Waals surface area contributed by atoms with Crippen molar-refractivity contribution in [3.63, 3.8) is 0 Å². The van der Waals surface area contributed by atoms with Crippen LogP contribution in [0, 0.1) is 11.7 Å². The van der Waals surface area contributed by atoms with E-state index in [2.05, 4.69) is 5.32 Å². The molecular formula is C20H18FN3O. The van der Waals surface area contributed by atoms with E-state index in [0.29, 0.717) is 5.84 Å². The molecular weight excluding hydrogens is 317 g/mol. The van der Waals surface area contributed by atoms with Crippen molar-refractivity contribution >= 4 is 28.8 Å². The number of carbonyl (C=O) groups is 1. The van der Waals surface area contributed by atoms with Gasteiger partial charge < -0.3 is 5.32 Å². The zero-order valence-corrected chi connectivity index (χ0v) is 13.9. The minimum absolute atomic E-state index is 0.00181. The molecule has 1 fully saturated rings. The van der Waals surface area contributed by atoms with E-state index >= 15 is 0 Å². The highest BCUT2D eigenvalue weighted by Crippen LogP contribution is 2.35. The molecule has 4 rings (SSSR count). The summed E-state index contributed by atoms with van der Waals surface area (Å²) in [7, 11) is 0. The highest BCUT2D eigenvalue weighted by molar-refractivity contribution is 6.17. The van der Waals surface area contributed by atoms with Crippen molar-refractivity contribution in [1.29, 1.82) is 0 Å². The molecule has 1 N–H and O–H groups in total. The molecule has 126 valence electrons. The number of nitrogens with zero attached hydrogens (tertiary/aromatic N) is 2. The SMILES string of the molecule is CC1=Nc2ccccc2N=C(NC(=O)C2CC2)[C@H]1c1ccc(F)cc1. The van der Waals surface area contributed by atoms with Crippen molar-refractivity contribution in [2.24, 2.45) is 15.9 Å². The predicted octanol–water partition coefficient (Wildman–Crippen LogP) is 4.27. The second-order valence-corrected chi connectivity index (χ2v) is 6.49. The molecule has 1 aliphatic heterocycles. The summed E-state index contributed by atoms with van der Waals surface area (Å²) in [4.78, 5) is 21.7. The van der Waals surface area contributed by atoms with Gasteiger partial charge >= 0.3 is 0 Å². The largest absolute Gasteiger partial charge is 0.313 e. The first-order valence-corrected chi connectivity index (χ1v) is 8.41. The van der Waals surface area contributed by atoms with Crippen molar-refractivity contribution in [2.45, 2.75) is 25.7 Å². The van der Waals surface area contributed by atoms with Crippen LogP contribution in [0.15, 0.2) is 58.5 Å². The molecule has 1 aliphatic carbocycles. The molecule has 5 heteroatoms. The predicted molar refractivity (Wildman–Crippen MR) is 96.3 cm³/mol. The van der Waals surface area contributed by atoms with Gasteiger partial charge in [0, 0.05) is 11.6 Å². The highest BCUT2D eigenvalue weighted by atomic mass is 19.1. The molecule has 2 aliphatic rings. The normalized spacial score (nSPS) is 19.4. The average molecular weight is 335 g/mol. The Bertz CT molecular complexity index is 882. The van der Waals surface area contributed by atoms with Gasteiger partial charge in [-0.2, -0.15) is 0 Å². The van der Waals surface area contributed by atoms with E-state index < -0.39 is 0 Å². The van der Waals surface area contributed by atoms with Gasteiger partial charge in [0.1, 0.15) is 11.7 Å². The summed E-state index contributed by atoms with van der Waals surface area (Å²) in [6.45, 7) is 1.91. The van der Waals surface area contributed by atoms with Crippen LogP contribution in [0.2, 0.25) is 0 Å². The lowest BCUT2D eigenvalue weighted by Gasteiger charge is -2.19. The first-order chi connectivity index (χ1) is 12.1. The standard InChI is InChI=1S/C20H18FN3O/c1-12-18(13-8-10-15(21)11-9-13)19(24-20(25)14-6-7-14)23-17-5-3-2-4-16(17)22-12/h2-5,8-11,14,18H,6-7H2,1H3,(H,23,24,25)/t18-/m1/s1. The van der Waals surface area contributed by atoms with Crippen LogP contribution in [0.3, 0.4) is 0 Å². The second-order valence-electron chi connectivity index (χ2n) is 6.49. The molecule has 1 saturated carbocycles. The van der Waals surface area contributed by atoms with Gasteiger partial charge in [0.05, 0.1) is 17.3 Å². The van der Waals surface area contributed by atoms with Crippen molar-refractivity contribution in [2.75, 3.05) is 0 Å². The van der Waals surface area contributed by atoms with Crippen LogP contribution in [0.4, 0.5) is 15.8 Å². The van der Waals surface area contributed by atoms with Crippen molar-refractivity contribution < 1.29 is 9.18 Å². The Labute approximate surface area is 145 Å². The van der Waals surface area contributed by atoms with Gasteiger partial charge in [0.25, 0.3) is 0 Å². The van der Waals surface area contributed by atoms with Gasteiger partial charge in [-0.25, -0.2) is 9.38 Å². The van der Waals surface area contributed by atoms with Gasteiger partial charge in [-0.1, -0.05) is 24.3 Å². The molecule has 1 amide bonds. The number of halogens is 1. The number of hydrogen-bond donors (Lipinski definition) is 1. The van der Waals surface area contributed by atoms with Crippen molar-refractivity contribution in [3.05, 3.63) is 59.9 Å². The number of amidine groups is 1. The molecule has 0 unspecified atom stereocenters. The molecule has 2 aromatic carbocycles. The van der Waals surface area contributed by atoms with Crippen molar-refractivity contribution in [1.82, 2.24) is 5.32 Å². The van der Waals surface area contributed by atoms with Crippen LogP contribution in [0.1, 0.15) is 31.2 Å². The Morgan fingerprint density at radius 3 is 2.32 bits per heavy atom. The van der Waals surface area contributed by atoms with Crippen LogP contribution in [-0.4, -0.2) is 17.5 Å². The summed E-state index contributed by atoms with van der Waals surface area (Å²) >= 11 is 0. The first-order valence-electron chi connectivity index (χ1n) is 8.41. The van der Waals surface area contributed by atoms with E-state index in [1.165, 1.54) is 12.1 Å². The van der Waals surface area contributed by atoms with Crippen LogP contribution in [0.5, 0.6) is 0 Å². The van der Waals surface area contributed by atoms with Crippen LogP contribution >= 0.6 is 0 Å². The van der Waals surface area contributed by atoms with E-state index in [9.17, 15) is 9.18 Å². The fourth-order valence-corrected chi connectivity index (χ4v) is 3.03. The summed E-state index contributed by atoms with van der Waals surface area (Å²) < 4.78 is 13.3. The molecule has 0 radical (unpaired) electrons. The summed E-state index contributed by atoms with van der Waals surface area (Å²) in [6.07, 6.45) is 1.84. The lowest BCUT2D eigenvalue weighted by molar-refractivity contribution is -0.120. The second kappa shape index (κ2) is 6.24. The third-order valence-electron chi connectivity index (χ3n) is 4.51. The lowest BCUT2D eigenvalue weighted by Crippen LogP contribution is -2.37. The number of fused-ring (bicyclic) bond motifs is 1. The van der Waals surface area contributed by atoms with Crippen LogP contribution in [-0.2, 0) is 4.79 Å². The monoisotopic (exact) mass is 335 g/mol. The van der Waals surface area contributed by atoms with Gasteiger partial charge in [-0.3, -0.25) is 9.79 Å². The molecule has 4 nitrogen and oxygen atoms in total. The number of aliphatic imine (C=N–C) groups is 2. The fourth-order valence-electron chi connectivity index (χ4n) is 3.03. The number of hydrogen-bond acceptors (Lipinski definition) is 3. The Morgan fingerprint density at radius 1 is 1.04 bits per heavy atom. The Kier molecular flexibility index (Phi) is 3.92. The van der Waals surface area contributed by atoms with E-state index in [1.54, 1.807) is 12.1 Å². The maximum atomic E-state index is 13.3. The number of carbonyl (C=O) groups excluding carboxylic acids is 1. The average Bonchev–Trinajstić information content (AvgIpc) is 3.43. The third-order valence-corrected chi connectivity index (χ3v) is 4.51. The quantitative estimate of drug-likeness (QED) is 0.875. The molecule has 0 saturated heterocycles. The van der Waals surface area contributed by atoms with Gasteiger partial charge in [-0.05, 0) is 49.6 Å². The molecule has 2 aromatic rings.